The van der Waals surface area contributed by atoms with Crippen molar-refractivity contribution in [1.82, 2.24) is 5.32 Å². The average Bonchev–Trinajstić information content (AvgIpc) is 2.54. The molecule has 5 atom stereocenters. The number of amides is 1. The van der Waals surface area contributed by atoms with E-state index in [0.29, 0.717) is 0 Å². The van der Waals surface area contributed by atoms with Gasteiger partial charge in [0.15, 0.2) is 0 Å². The van der Waals surface area contributed by atoms with E-state index < -0.39 is 42.8 Å². The Bertz CT molecular complexity index is 526. The van der Waals surface area contributed by atoms with E-state index in [-0.39, 0.29) is 6.61 Å². The predicted molar refractivity (Wildman–Crippen MR) is 77.8 cm³/mol. The lowest BCUT2D eigenvalue weighted by Gasteiger charge is -2.46. The smallest absolute Gasteiger partial charge is 0.305 e. The third kappa shape index (κ3) is 4.05. The molecular weight excluding hydrogens is 306 g/mol. The van der Waals surface area contributed by atoms with Crippen LogP contribution in [-0.2, 0) is 20.9 Å². The van der Waals surface area contributed by atoms with Crippen molar-refractivity contribution in [3.05, 3.63) is 35.9 Å². The molecule has 1 aliphatic rings. The fourth-order valence-corrected chi connectivity index (χ4v) is 2.42. The van der Waals surface area contributed by atoms with Gasteiger partial charge in [-0.05, 0) is 5.56 Å². The van der Waals surface area contributed by atoms with Crippen LogP contribution in [0.3, 0.4) is 0 Å². The normalized spacial score (nSPS) is 34.1. The fourth-order valence-electron chi connectivity index (χ4n) is 2.42. The van der Waals surface area contributed by atoms with Crippen LogP contribution in [0.2, 0.25) is 0 Å². The highest BCUT2D eigenvalue weighted by Crippen LogP contribution is 2.30. The molecule has 23 heavy (non-hydrogen) atoms. The lowest BCUT2D eigenvalue weighted by Crippen LogP contribution is -2.70. The minimum Gasteiger partial charge on any atom is -0.394 e. The van der Waals surface area contributed by atoms with Crippen LogP contribution in [-0.4, -0.2) is 63.3 Å². The van der Waals surface area contributed by atoms with Crippen LogP contribution in [0, 0.1) is 0 Å². The first kappa shape index (κ1) is 17.8. The van der Waals surface area contributed by atoms with E-state index in [9.17, 15) is 25.2 Å². The Kier molecular flexibility index (Phi) is 5.69. The van der Waals surface area contributed by atoms with Crippen molar-refractivity contribution < 1.29 is 34.7 Å². The highest BCUT2D eigenvalue weighted by Gasteiger charge is 2.55. The number of carbonyl (C=O) groups is 1. The molecule has 0 radical (unpaired) electrons. The predicted octanol–water partition coefficient (Wildman–Crippen LogP) is -1.53. The molecule has 1 aromatic rings. The maximum atomic E-state index is 11.3. The largest absolute Gasteiger partial charge is 0.394 e. The molecule has 0 saturated carbocycles. The Morgan fingerprint density at radius 3 is 2.52 bits per heavy atom. The summed E-state index contributed by atoms with van der Waals surface area (Å²) in [5, 5.41) is 42.1. The lowest BCUT2D eigenvalue weighted by atomic mass is 9.95. The Morgan fingerprint density at radius 2 is 1.96 bits per heavy atom. The van der Waals surface area contributed by atoms with E-state index in [4.69, 9.17) is 9.47 Å². The second-order valence-electron chi connectivity index (χ2n) is 5.40. The third-order valence-corrected chi connectivity index (χ3v) is 3.61. The van der Waals surface area contributed by atoms with Crippen LogP contribution < -0.4 is 5.32 Å². The Balaban J connectivity index is 2.19. The summed E-state index contributed by atoms with van der Waals surface area (Å²) in [5.41, 5.74) is 0.729. The van der Waals surface area contributed by atoms with Gasteiger partial charge in [0.05, 0.1) is 13.2 Å². The van der Waals surface area contributed by atoms with Gasteiger partial charge in [-0.2, -0.15) is 0 Å². The van der Waals surface area contributed by atoms with Gasteiger partial charge in [-0.25, -0.2) is 0 Å². The summed E-state index contributed by atoms with van der Waals surface area (Å²) in [6.45, 7) is 0.491. The van der Waals surface area contributed by atoms with Gasteiger partial charge >= 0.3 is 5.97 Å². The SMILES string of the molecule is CC(=O)N[C@@H]1[C@@H](O)[C@@H](O)[C@@H](CO)OC1(O)OCc1ccccc1. The van der Waals surface area contributed by atoms with Gasteiger partial charge in [-0.1, -0.05) is 30.3 Å². The van der Waals surface area contributed by atoms with Crippen LogP contribution in [0.1, 0.15) is 12.5 Å². The summed E-state index contributed by atoms with van der Waals surface area (Å²) in [4.78, 5) is 11.3. The fraction of sp³-hybridized carbons (Fsp3) is 0.533. The Hall–Kier alpha value is -1.55. The van der Waals surface area contributed by atoms with E-state index in [2.05, 4.69) is 5.32 Å². The molecule has 1 aromatic carbocycles. The summed E-state index contributed by atoms with van der Waals surface area (Å²) < 4.78 is 10.6. The molecule has 1 aliphatic heterocycles. The topological polar surface area (TPSA) is 128 Å². The van der Waals surface area contributed by atoms with E-state index in [1.807, 2.05) is 6.07 Å². The molecule has 128 valence electrons. The maximum absolute atomic E-state index is 11.3. The molecule has 2 rings (SSSR count). The van der Waals surface area contributed by atoms with E-state index in [0.717, 1.165) is 5.56 Å². The molecule has 0 aromatic heterocycles. The van der Waals surface area contributed by atoms with Gasteiger partial charge < -0.3 is 35.2 Å². The number of hydrogen-bond acceptors (Lipinski definition) is 7. The standard InChI is InChI=1S/C15H21NO7/c1-9(18)16-14-13(20)12(19)11(7-17)23-15(14,21)22-8-10-5-3-2-4-6-10/h2-6,11-14,17,19-21H,7-8H2,1H3,(H,16,18)/t11-,12+,13+,14-,15?/m1/s1. The van der Waals surface area contributed by atoms with Gasteiger partial charge in [-0.3, -0.25) is 4.79 Å². The van der Waals surface area contributed by atoms with E-state index in [1.54, 1.807) is 24.3 Å². The van der Waals surface area contributed by atoms with Crippen molar-refractivity contribution >= 4 is 5.91 Å². The molecule has 1 fully saturated rings. The zero-order chi connectivity index (χ0) is 17.0. The number of nitrogens with one attached hydrogen (secondary N) is 1. The van der Waals surface area contributed by atoms with Crippen LogP contribution in [0.15, 0.2) is 30.3 Å². The molecule has 0 aliphatic carbocycles. The number of benzene rings is 1. The van der Waals surface area contributed by atoms with Crippen LogP contribution >= 0.6 is 0 Å². The van der Waals surface area contributed by atoms with Crippen molar-refractivity contribution in [2.75, 3.05) is 6.61 Å². The van der Waals surface area contributed by atoms with E-state index in [1.165, 1.54) is 6.92 Å². The van der Waals surface area contributed by atoms with Crippen molar-refractivity contribution in [3.63, 3.8) is 0 Å². The van der Waals surface area contributed by atoms with Crippen LogP contribution in [0.5, 0.6) is 0 Å². The molecule has 0 bridgehead atoms. The first-order valence-corrected chi connectivity index (χ1v) is 7.19. The lowest BCUT2D eigenvalue weighted by molar-refractivity contribution is -0.428. The summed E-state index contributed by atoms with van der Waals surface area (Å²) in [7, 11) is 0. The van der Waals surface area contributed by atoms with Crippen LogP contribution in [0.4, 0.5) is 0 Å². The van der Waals surface area contributed by atoms with Crippen molar-refractivity contribution in [2.45, 2.75) is 43.9 Å². The second-order valence-corrected chi connectivity index (χ2v) is 5.40. The summed E-state index contributed by atoms with van der Waals surface area (Å²) >= 11 is 0. The van der Waals surface area contributed by atoms with E-state index >= 15 is 0 Å². The van der Waals surface area contributed by atoms with Gasteiger partial charge in [0.1, 0.15) is 24.4 Å². The van der Waals surface area contributed by atoms with Gasteiger partial charge in [-0.15, -0.1) is 0 Å². The van der Waals surface area contributed by atoms with Crippen molar-refractivity contribution in [3.8, 4) is 0 Å². The minimum atomic E-state index is -2.40. The quantitative estimate of drug-likeness (QED) is 0.415. The highest BCUT2D eigenvalue weighted by atomic mass is 16.8. The molecule has 1 unspecified atom stereocenters. The monoisotopic (exact) mass is 327 g/mol. The molecular formula is C15H21NO7. The zero-order valence-corrected chi connectivity index (χ0v) is 12.6. The molecule has 1 heterocycles. The zero-order valence-electron chi connectivity index (χ0n) is 12.6. The van der Waals surface area contributed by atoms with Gasteiger partial charge in [0.2, 0.25) is 5.91 Å². The number of rotatable bonds is 5. The number of aliphatic hydroxyl groups is 4. The average molecular weight is 327 g/mol. The number of hydrogen-bond donors (Lipinski definition) is 5. The van der Waals surface area contributed by atoms with Crippen LogP contribution in [0.25, 0.3) is 0 Å². The summed E-state index contributed by atoms with van der Waals surface area (Å²) in [5.74, 6) is -2.94. The van der Waals surface area contributed by atoms with Crippen molar-refractivity contribution in [2.24, 2.45) is 0 Å². The molecule has 8 nitrogen and oxygen atoms in total. The number of aliphatic hydroxyl groups excluding tert-OH is 3. The van der Waals surface area contributed by atoms with Crippen molar-refractivity contribution in [1.29, 1.82) is 0 Å². The molecule has 8 heteroatoms. The second kappa shape index (κ2) is 7.35. The number of carbonyl (C=O) groups excluding carboxylic acids is 1. The minimum absolute atomic E-state index is 0.0611. The first-order chi connectivity index (χ1) is 10.9. The van der Waals surface area contributed by atoms with Gasteiger partial charge in [0, 0.05) is 6.92 Å². The third-order valence-electron chi connectivity index (χ3n) is 3.61. The first-order valence-electron chi connectivity index (χ1n) is 7.19. The summed E-state index contributed by atoms with van der Waals surface area (Å²) in [6.07, 6.45) is -4.32. The maximum Gasteiger partial charge on any atom is 0.305 e. The summed E-state index contributed by atoms with van der Waals surface area (Å²) in [6, 6.07) is 7.48. The molecule has 0 spiro atoms. The highest BCUT2D eigenvalue weighted by molar-refractivity contribution is 5.73. The molecule has 1 saturated heterocycles. The van der Waals surface area contributed by atoms with Gasteiger partial charge in [0.25, 0.3) is 0 Å². The Morgan fingerprint density at radius 1 is 1.30 bits per heavy atom. The molecule has 1 amide bonds. The molecule has 5 N–H and O–H groups in total. The number of ether oxygens (including phenoxy) is 2. The Labute approximate surface area is 133 Å².